The standard InChI is InChI=1S/C12H16FNO3/c1-3-16-7-8(2)17-12(15)10-5-4-9(14)6-11(10)13/h4-6,8H,3,7,14H2,1-2H3. The van der Waals surface area contributed by atoms with Gasteiger partial charge in [-0.05, 0) is 32.0 Å². The average molecular weight is 241 g/mol. The van der Waals surface area contributed by atoms with Crippen molar-refractivity contribution in [1.29, 1.82) is 0 Å². The lowest BCUT2D eigenvalue weighted by Gasteiger charge is -2.13. The minimum absolute atomic E-state index is 0.123. The lowest BCUT2D eigenvalue weighted by atomic mass is 10.2. The Morgan fingerprint density at radius 1 is 1.53 bits per heavy atom. The third-order valence-corrected chi connectivity index (χ3v) is 2.08. The number of rotatable bonds is 5. The molecule has 0 aromatic heterocycles. The van der Waals surface area contributed by atoms with Gasteiger partial charge in [-0.1, -0.05) is 0 Å². The lowest BCUT2D eigenvalue weighted by Crippen LogP contribution is -2.21. The Bertz CT molecular complexity index is 395. The molecule has 2 N–H and O–H groups in total. The fraction of sp³-hybridized carbons (Fsp3) is 0.417. The summed E-state index contributed by atoms with van der Waals surface area (Å²) in [6, 6.07) is 3.84. The highest BCUT2D eigenvalue weighted by atomic mass is 19.1. The van der Waals surface area contributed by atoms with Gasteiger partial charge >= 0.3 is 5.97 Å². The Hall–Kier alpha value is -1.62. The first-order valence-corrected chi connectivity index (χ1v) is 5.38. The van der Waals surface area contributed by atoms with Gasteiger partial charge < -0.3 is 15.2 Å². The molecule has 0 saturated carbocycles. The highest BCUT2D eigenvalue weighted by Crippen LogP contribution is 2.13. The molecule has 1 aromatic rings. The first-order valence-electron chi connectivity index (χ1n) is 5.38. The molecule has 0 amide bonds. The maximum atomic E-state index is 13.4. The van der Waals surface area contributed by atoms with Crippen molar-refractivity contribution in [2.45, 2.75) is 20.0 Å². The molecule has 17 heavy (non-hydrogen) atoms. The quantitative estimate of drug-likeness (QED) is 0.632. The molecule has 0 heterocycles. The molecule has 1 rings (SSSR count). The number of esters is 1. The summed E-state index contributed by atoms with van der Waals surface area (Å²) in [5, 5.41) is 0. The van der Waals surface area contributed by atoms with Gasteiger partial charge in [0.25, 0.3) is 0 Å². The third-order valence-electron chi connectivity index (χ3n) is 2.08. The Labute approximate surface area is 99.5 Å². The largest absolute Gasteiger partial charge is 0.457 e. The number of ether oxygens (including phenoxy) is 2. The Kier molecular flexibility index (Phi) is 4.90. The van der Waals surface area contributed by atoms with Gasteiger partial charge in [0.05, 0.1) is 12.2 Å². The minimum Gasteiger partial charge on any atom is -0.457 e. The number of hydrogen-bond acceptors (Lipinski definition) is 4. The van der Waals surface area contributed by atoms with Gasteiger partial charge in [0.2, 0.25) is 0 Å². The van der Waals surface area contributed by atoms with Crippen LogP contribution >= 0.6 is 0 Å². The van der Waals surface area contributed by atoms with Crippen LogP contribution in [0.2, 0.25) is 0 Å². The molecule has 0 radical (unpaired) electrons. The summed E-state index contributed by atoms with van der Waals surface area (Å²) >= 11 is 0. The van der Waals surface area contributed by atoms with Gasteiger partial charge in [-0.2, -0.15) is 0 Å². The van der Waals surface area contributed by atoms with E-state index in [0.29, 0.717) is 13.2 Å². The van der Waals surface area contributed by atoms with Gasteiger partial charge in [0, 0.05) is 12.3 Å². The van der Waals surface area contributed by atoms with Gasteiger partial charge in [0.1, 0.15) is 11.9 Å². The molecule has 0 saturated heterocycles. The molecule has 1 aromatic carbocycles. The number of nitrogens with two attached hydrogens (primary N) is 1. The van der Waals surface area contributed by atoms with Crippen LogP contribution in [0.5, 0.6) is 0 Å². The van der Waals surface area contributed by atoms with Crippen LogP contribution in [0.25, 0.3) is 0 Å². The molecule has 1 atom stereocenters. The van der Waals surface area contributed by atoms with E-state index in [0.717, 1.165) is 6.07 Å². The molecule has 0 aliphatic rings. The molecule has 0 aliphatic heterocycles. The van der Waals surface area contributed by atoms with Gasteiger partial charge in [-0.25, -0.2) is 9.18 Å². The maximum absolute atomic E-state index is 13.4. The van der Waals surface area contributed by atoms with E-state index in [2.05, 4.69) is 0 Å². The molecule has 5 heteroatoms. The van der Waals surface area contributed by atoms with Gasteiger partial charge in [0.15, 0.2) is 0 Å². The molecule has 0 spiro atoms. The number of halogens is 1. The predicted octanol–water partition coefficient (Wildman–Crippen LogP) is 1.99. The molecule has 4 nitrogen and oxygen atoms in total. The zero-order chi connectivity index (χ0) is 12.8. The summed E-state index contributed by atoms with van der Waals surface area (Å²) in [7, 11) is 0. The summed E-state index contributed by atoms with van der Waals surface area (Å²) in [4.78, 5) is 11.6. The van der Waals surface area contributed by atoms with Crippen molar-refractivity contribution in [2.24, 2.45) is 0 Å². The fourth-order valence-electron chi connectivity index (χ4n) is 1.26. The molecule has 0 aliphatic carbocycles. The van der Waals surface area contributed by atoms with Crippen molar-refractivity contribution < 1.29 is 18.7 Å². The number of carbonyl (C=O) groups excluding carboxylic acids is 1. The van der Waals surface area contributed by atoms with Crippen LogP contribution in [0, 0.1) is 5.82 Å². The van der Waals surface area contributed by atoms with E-state index < -0.39 is 17.9 Å². The summed E-state index contributed by atoms with van der Waals surface area (Å²) < 4.78 is 23.5. The number of nitrogen functional groups attached to an aromatic ring is 1. The molecule has 0 bridgehead atoms. The second-order valence-electron chi connectivity index (χ2n) is 3.61. The van der Waals surface area contributed by atoms with Crippen molar-refractivity contribution in [1.82, 2.24) is 0 Å². The number of anilines is 1. The van der Waals surface area contributed by atoms with Crippen molar-refractivity contribution in [3.63, 3.8) is 0 Å². The monoisotopic (exact) mass is 241 g/mol. The second kappa shape index (κ2) is 6.20. The van der Waals surface area contributed by atoms with Crippen LogP contribution in [0.4, 0.5) is 10.1 Å². The average Bonchev–Trinajstić information content (AvgIpc) is 2.26. The van der Waals surface area contributed by atoms with E-state index in [1.807, 2.05) is 6.92 Å². The summed E-state index contributed by atoms with van der Waals surface area (Å²) in [6.45, 7) is 4.36. The zero-order valence-corrected chi connectivity index (χ0v) is 9.90. The normalized spacial score (nSPS) is 12.2. The SMILES string of the molecule is CCOCC(C)OC(=O)c1ccc(N)cc1F. The number of benzene rings is 1. The summed E-state index contributed by atoms with van der Waals surface area (Å²) in [5.41, 5.74) is 5.53. The van der Waals surface area contributed by atoms with E-state index in [4.69, 9.17) is 15.2 Å². The van der Waals surface area contributed by atoms with Crippen molar-refractivity contribution in [3.8, 4) is 0 Å². The highest BCUT2D eigenvalue weighted by Gasteiger charge is 2.16. The summed E-state index contributed by atoms with van der Waals surface area (Å²) in [6.07, 6.45) is -0.417. The number of carbonyl (C=O) groups is 1. The molecular weight excluding hydrogens is 225 g/mol. The van der Waals surface area contributed by atoms with Crippen molar-refractivity contribution in [3.05, 3.63) is 29.6 Å². The highest BCUT2D eigenvalue weighted by molar-refractivity contribution is 5.90. The minimum atomic E-state index is -0.713. The predicted molar refractivity (Wildman–Crippen MR) is 62.2 cm³/mol. The zero-order valence-electron chi connectivity index (χ0n) is 9.90. The van der Waals surface area contributed by atoms with E-state index in [-0.39, 0.29) is 11.3 Å². The second-order valence-corrected chi connectivity index (χ2v) is 3.61. The molecular formula is C12H16FNO3. The van der Waals surface area contributed by atoms with Crippen molar-refractivity contribution >= 4 is 11.7 Å². The molecule has 0 fully saturated rings. The maximum Gasteiger partial charge on any atom is 0.341 e. The topological polar surface area (TPSA) is 61.5 Å². The first-order chi connectivity index (χ1) is 8.04. The van der Waals surface area contributed by atoms with Crippen LogP contribution in [0.3, 0.4) is 0 Å². The van der Waals surface area contributed by atoms with E-state index >= 15 is 0 Å². The molecule has 1 unspecified atom stereocenters. The fourth-order valence-corrected chi connectivity index (χ4v) is 1.26. The van der Waals surface area contributed by atoms with E-state index in [1.54, 1.807) is 6.92 Å². The van der Waals surface area contributed by atoms with Crippen molar-refractivity contribution in [2.75, 3.05) is 18.9 Å². The van der Waals surface area contributed by atoms with Crippen LogP contribution in [0.15, 0.2) is 18.2 Å². The van der Waals surface area contributed by atoms with Crippen LogP contribution in [-0.4, -0.2) is 25.3 Å². The van der Waals surface area contributed by atoms with Crippen LogP contribution in [0.1, 0.15) is 24.2 Å². The van der Waals surface area contributed by atoms with Crippen LogP contribution < -0.4 is 5.73 Å². The number of hydrogen-bond donors (Lipinski definition) is 1. The van der Waals surface area contributed by atoms with Gasteiger partial charge in [-0.3, -0.25) is 0 Å². The first kappa shape index (κ1) is 13.4. The Morgan fingerprint density at radius 2 is 2.24 bits per heavy atom. The lowest BCUT2D eigenvalue weighted by molar-refractivity contribution is 0.00401. The summed E-state index contributed by atoms with van der Waals surface area (Å²) in [5.74, 6) is -1.40. The van der Waals surface area contributed by atoms with Crippen LogP contribution in [-0.2, 0) is 9.47 Å². The van der Waals surface area contributed by atoms with E-state index in [9.17, 15) is 9.18 Å². The van der Waals surface area contributed by atoms with E-state index in [1.165, 1.54) is 12.1 Å². The smallest absolute Gasteiger partial charge is 0.341 e. The Morgan fingerprint density at radius 3 is 2.82 bits per heavy atom. The third kappa shape index (κ3) is 4.03. The molecule has 94 valence electrons. The van der Waals surface area contributed by atoms with Gasteiger partial charge in [-0.15, -0.1) is 0 Å². The Balaban J connectivity index is 2.63.